The van der Waals surface area contributed by atoms with E-state index in [-0.39, 0.29) is 16.2 Å². The lowest BCUT2D eigenvalue weighted by molar-refractivity contribution is 0.587. The Labute approximate surface area is 392 Å². The molecular formula is C64H52N2O. The first-order chi connectivity index (χ1) is 32.4. The van der Waals surface area contributed by atoms with Crippen LogP contribution in [0.15, 0.2) is 192 Å². The Bertz CT molecular complexity index is 3750. The molecule has 0 N–H and O–H groups in total. The van der Waals surface area contributed by atoms with Crippen LogP contribution in [0.2, 0.25) is 0 Å². The van der Waals surface area contributed by atoms with Gasteiger partial charge in [0.1, 0.15) is 11.2 Å². The molecule has 0 amide bonds. The topological polar surface area (TPSA) is 21.3 Å². The number of hydrogen-bond donors (Lipinski definition) is 0. The highest BCUT2D eigenvalue weighted by Crippen LogP contribution is 2.66. The molecule has 13 rings (SSSR count). The van der Waals surface area contributed by atoms with Gasteiger partial charge < -0.3 is 13.9 Å². The summed E-state index contributed by atoms with van der Waals surface area (Å²) in [6, 6.07) is 69.4. The third kappa shape index (κ3) is 5.52. The summed E-state index contributed by atoms with van der Waals surface area (Å²) in [5.41, 5.74) is 22.6. The van der Waals surface area contributed by atoms with Gasteiger partial charge in [-0.1, -0.05) is 188 Å². The number of fused-ring (bicyclic) bond motifs is 12. The van der Waals surface area contributed by atoms with Crippen LogP contribution in [-0.2, 0) is 16.2 Å². The van der Waals surface area contributed by atoms with Crippen molar-refractivity contribution in [1.29, 1.82) is 0 Å². The van der Waals surface area contributed by atoms with Crippen molar-refractivity contribution in [2.45, 2.75) is 64.7 Å². The first-order valence-corrected chi connectivity index (χ1v) is 23.8. The fraction of sp³-hybridized carbons (Fsp3) is 0.156. The molecule has 0 aliphatic heterocycles. The van der Waals surface area contributed by atoms with Gasteiger partial charge in [0, 0.05) is 55.0 Å². The Kier molecular flexibility index (Phi) is 8.27. The van der Waals surface area contributed by atoms with Gasteiger partial charge in [-0.3, -0.25) is 0 Å². The normalized spacial score (nSPS) is 14.4. The molecule has 0 fully saturated rings. The van der Waals surface area contributed by atoms with Gasteiger partial charge in [0.05, 0.1) is 16.7 Å². The summed E-state index contributed by atoms with van der Waals surface area (Å²) in [6.07, 6.45) is 0. The van der Waals surface area contributed by atoms with Gasteiger partial charge in [0.15, 0.2) is 0 Å². The summed E-state index contributed by atoms with van der Waals surface area (Å²) >= 11 is 0. The van der Waals surface area contributed by atoms with Crippen molar-refractivity contribution in [2.24, 2.45) is 0 Å². The van der Waals surface area contributed by atoms with E-state index in [1.54, 1.807) is 0 Å². The van der Waals surface area contributed by atoms with Crippen LogP contribution >= 0.6 is 0 Å². The van der Waals surface area contributed by atoms with E-state index in [0.717, 1.165) is 50.1 Å². The number of benzene rings is 9. The highest BCUT2D eigenvalue weighted by molar-refractivity contribution is 6.12. The number of para-hydroxylation sites is 4. The maximum Gasteiger partial charge on any atom is 0.143 e. The number of hydrogen-bond acceptors (Lipinski definition) is 2. The van der Waals surface area contributed by atoms with Crippen molar-refractivity contribution < 1.29 is 4.42 Å². The van der Waals surface area contributed by atoms with Gasteiger partial charge in [-0.15, -0.1) is 0 Å². The molecule has 0 saturated heterocycles. The average molecular weight is 865 g/mol. The molecule has 3 nitrogen and oxygen atoms in total. The highest BCUT2D eigenvalue weighted by atomic mass is 16.3. The monoisotopic (exact) mass is 864 g/mol. The third-order valence-corrected chi connectivity index (χ3v) is 15.2. The molecule has 67 heavy (non-hydrogen) atoms. The van der Waals surface area contributed by atoms with Gasteiger partial charge >= 0.3 is 0 Å². The Balaban J connectivity index is 1.16. The lowest BCUT2D eigenvalue weighted by Gasteiger charge is -2.39. The summed E-state index contributed by atoms with van der Waals surface area (Å²) < 4.78 is 9.05. The zero-order valence-corrected chi connectivity index (χ0v) is 39.2. The van der Waals surface area contributed by atoms with Crippen LogP contribution in [0.1, 0.15) is 76.3 Å². The van der Waals surface area contributed by atoms with Crippen LogP contribution in [0, 0.1) is 0 Å². The molecule has 9 aromatic carbocycles. The Morgan fingerprint density at radius 1 is 0.463 bits per heavy atom. The minimum atomic E-state index is -0.320. The number of anilines is 3. The molecule has 2 aromatic heterocycles. The molecule has 0 radical (unpaired) electrons. The van der Waals surface area contributed by atoms with Gasteiger partial charge in [-0.05, 0) is 110 Å². The van der Waals surface area contributed by atoms with E-state index in [2.05, 4.69) is 240 Å². The number of nitrogens with zero attached hydrogens (tertiary/aromatic N) is 2. The van der Waals surface area contributed by atoms with Crippen molar-refractivity contribution in [3.05, 3.63) is 216 Å². The maximum absolute atomic E-state index is 6.60. The Hall–Kier alpha value is -7.62. The Morgan fingerprint density at radius 2 is 1.00 bits per heavy atom. The molecule has 0 unspecified atom stereocenters. The Morgan fingerprint density at radius 3 is 1.67 bits per heavy atom. The maximum atomic E-state index is 6.60. The zero-order chi connectivity index (χ0) is 45.6. The molecule has 0 atom stereocenters. The highest BCUT2D eigenvalue weighted by Gasteiger charge is 2.50. The molecular weight excluding hydrogens is 813 g/mol. The van der Waals surface area contributed by atoms with Gasteiger partial charge in [-0.2, -0.15) is 0 Å². The van der Waals surface area contributed by atoms with Crippen LogP contribution in [0.25, 0.3) is 82.8 Å². The van der Waals surface area contributed by atoms with Crippen LogP contribution in [0.4, 0.5) is 17.1 Å². The molecule has 0 spiro atoms. The second-order valence-corrected chi connectivity index (χ2v) is 20.9. The number of rotatable bonds is 5. The minimum absolute atomic E-state index is 0.159. The molecule has 0 saturated carbocycles. The second-order valence-electron chi connectivity index (χ2n) is 20.9. The number of furan rings is 1. The molecule has 324 valence electrons. The summed E-state index contributed by atoms with van der Waals surface area (Å²) in [6.45, 7) is 17.1. The van der Waals surface area contributed by atoms with E-state index in [4.69, 9.17) is 4.42 Å². The third-order valence-electron chi connectivity index (χ3n) is 15.2. The molecule has 2 aliphatic rings. The van der Waals surface area contributed by atoms with Crippen LogP contribution < -0.4 is 4.90 Å². The molecule has 11 aromatic rings. The molecule has 0 bridgehead atoms. The summed E-state index contributed by atoms with van der Waals surface area (Å²) in [7, 11) is 0. The van der Waals surface area contributed by atoms with E-state index in [1.165, 1.54) is 77.6 Å². The first kappa shape index (κ1) is 39.7. The van der Waals surface area contributed by atoms with E-state index in [9.17, 15) is 0 Å². The van der Waals surface area contributed by atoms with E-state index in [1.807, 2.05) is 6.07 Å². The zero-order valence-electron chi connectivity index (χ0n) is 39.2. The molecule has 3 heteroatoms. The first-order valence-electron chi connectivity index (χ1n) is 23.8. The smallest absolute Gasteiger partial charge is 0.143 e. The predicted octanol–water partition coefficient (Wildman–Crippen LogP) is 17.7. The fourth-order valence-electron chi connectivity index (χ4n) is 12.4. The van der Waals surface area contributed by atoms with E-state index < -0.39 is 0 Å². The standard InChI is InChI=1S/C64H52N2O/c1-62(2,3)57-55-48-24-11-15-28-50(48)63(4,5)58(55)60(59-56(57)49-25-12-16-29-51(49)64(59,6)7)65(41-34-32-39(33-35-41)43-26-19-27-47-46-23-14-18-31-54(46)67-61(43)47)42-36-37-45-44-22-13-17-30-52(44)66(53(45)38-42)40-20-9-8-10-21-40/h8-38H,1-7H3. The fourth-order valence-corrected chi connectivity index (χ4v) is 12.4. The summed E-state index contributed by atoms with van der Waals surface area (Å²) in [5, 5.41) is 4.75. The number of aromatic nitrogens is 1. The van der Waals surface area contributed by atoms with Crippen LogP contribution in [-0.4, -0.2) is 4.57 Å². The molecule has 2 aliphatic carbocycles. The van der Waals surface area contributed by atoms with Crippen LogP contribution in [0.5, 0.6) is 0 Å². The van der Waals surface area contributed by atoms with Gasteiger partial charge in [0.25, 0.3) is 0 Å². The van der Waals surface area contributed by atoms with Crippen molar-refractivity contribution in [1.82, 2.24) is 4.57 Å². The minimum Gasteiger partial charge on any atom is -0.455 e. The largest absolute Gasteiger partial charge is 0.455 e. The average Bonchev–Trinajstić information content (AvgIpc) is 4.02. The van der Waals surface area contributed by atoms with Crippen LogP contribution in [0.3, 0.4) is 0 Å². The van der Waals surface area contributed by atoms with Crippen molar-refractivity contribution in [3.63, 3.8) is 0 Å². The summed E-state index contributed by atoms with van der Waals surface area (Å²) in [5.74, 6) is 0. The predicted molar refractivity (Wildman–Crippen MR) is 282 cm³/mol. The lowest BCUT2D eigenvalue weighted by atomic mass is 9.71. The summed E-state index contributed by atoms with van der Waals surface area (Å²) in [4.78, 5) is 2.63. The van der Waals surface area contributed by atoms with Gasteiger partial charge in [0.2, 0.25) is 0 Å². The van der Waals surface area contributed by atoms with Gasteiger partial charge in [-0.25, -0.2) is 0 Å². The van der Waals surface area contributed by atoms with Crippen molar-refractivity contribution >= 4 is 60.8 Å². The second kappa shape index (κ2) is 14.0. The molecule has 2 heterocycles. The van der Waals surface area contributed by atoms with Crippen molar-refractivity contribution in [2.75, 3.05) is 4.90 Å². The SMILES string of the molecule is CC(C)(C)c1c2c(c(N(c3ccc(-c4cccc5c4oc4ccccc45)cc3)c3ccc4c5ccccc5n(-c5ccccc5)c4c3)c3c1-c1ccccc1C3(C)C)C(C)(C)c1ccccc1-2. The lowest BCUT2D eigenvalue weighted by Crippen LogP contribution is -2.27. The van der Waals surface area contributed by atoms with E-state index in [0.29, 0.717) is 0 Å². The quantitative estimate of drug-likeness (QED) is 0.172. The van der Waals surface area contributed by atoms with Crippen molar-refractivity contribution in [3.8, 4) is 39.1 Å². The van der Waals surface area contributed by atoms with E-state index >= 15 is 0 Å².